The van der Waals surface area contributed by atoms with Crippen LogP contribution in [0, 0.1) is 0 Å². The van der Waals surface area contributed by atoms with Crippen LogP contribution in [0.1, 0.15) is 40.1 Å². The quantitative estimate of drug-likeness (QED) is 0.397. The Labute approximate surface area is 203 Å². The molecule has 0 unspecified atom stereocenters. The number of benzene rings is 3. The van der Waals surface area contributed by atoms with Gasteiger partial charge in [0.25, 0.3) is 0 Å². The topological polar surface area (TPSA) is 127 Å². The van der Waals surface area contributed by atoms with Crippen LogP contribution >= 0.6 is 12.4 Å². The molecule has 4 N–H and O–H groups in total. The first-order chi connectivity index (χ1) is 15.7. The smallest absolute Gasteiger partial charge is 0.336 e. The van der Waals surface area contributed by atoms with Crippen LogP contribution in [0.25, 0.3) is 22.3 Å². The average Bonchev–Trinajstić information content (AvgIpc) is 2.78. The van der Waals surface area contributed by atoms with Gasteiger partial charge in [0.2, 0.25) is 0 Å². The summed E-state index contributed by atoms with van der Waals surface area (Å²) in [6.07, 6.45) is -0.120. The van der Waals surface area contributed by atoms with Gasteiger partial charge in [0.15, 0.2) is 0 Å². The summed E-state index contributed by atoms with van der Waals surface area (Å²) in [7, 11) is 0. The molecule has 0 radical (unpaired) electrons. The zero-order chi connectivity index (χ0) is 24.1. The molecule has 0 saturated carbocycles. The van der Waals surface area contributed by atoms with E-state index in [1.165, 1.54) is 12.1 Å². The van der Waals surface area contributed by atoms with E-state index in [-0.39, 0.29) is 36.1 Å². The van der Waals surface area contributed by atoms with E-state index in [2.05, 4.69) is 0 Å². The van der Waals surface area contributed by atoms with Crippen LogP contribution < -0.4 is 5.73 Å². The highest BCUT2D eigenvalue weighted by atomic mass is 35.5. The van der Waals surface area contributed by atoms with Crippen molar-refractivity contribution in [2.45, 2.75) is 32.4 Å². The fourth-order valence-electron chi connectivity index (χ4n) is 3.64. The third-order valence-electron chi connectivity index (χ3n) is 5.09. The van der Waals surface area contributed by atoms with Crippen LogP contribution in [0.4, 0.5) is 0 Å². The maximum atomic E-state index is 12.2. The maximum Gasteiger partial charge on any atom is 0.336 e. The van der Waals surface area contributed by atoms with Crippen molar-refractivity contribution in [3.63, 3.8) is 0 Å². The van der Waals surface area contributed by atoms with Gasteiger partial charge >= 0.3 is 17.9 Å². The van der Waals surface area contributed by atoms with E-state index >= 15 is 0 Å². The second kappa shape index (κ2) is 11.4. The van der Waals surface area contributed by atoms with E-state index in [1.807, 2.05) is 0 Å². The molecular formula is C26H26ClNO6. The molecule has 3 aromatic rings. The first-order valence-electron chi connectivity index (χ1n) is 10.4. The van der Waals surface area contributed by atoms with Gasteiger partial charge in [-0.3, -0.25) is 4.79 Å². The highest BCUT2D eigenvalue weighted by Crippen LogP contribution is 2.37. The third-order valence-corrected chi connectivity index (χ3v) is 5.09. The molecule has 0 heterocycles. The Morgan fingerprint density at radius 3 is 1.79 bits per heavy atom. The molecule has 0 bridgehead atoms. The van der Waals surface area contributed by atoms with Crippen molar-refractivity contribution in [1.29, 1.82) is 0 Å². The van der Waals surface area contributed by atoms with Crippen LogP contribution in [-0.2, 0) is 16.0 Å². The summed E-state index contributed by atoms with van der Waals surface area (Å²) in [6.45, 7) is 3.47. The lowest BCUT2D eigenvalue weighted by molar-refractivity contribution is -0.148. The molecule has 0 aromatic heterocycles. The largest absolute Gasteiger partial charge is 0.478 e. The Hall–Kier alpha value is -3.68. The molecule has 0 fully saturated rings. The zero-order valence-corrected chi connectivity index (χ0v) is 19.5. The monoisotopic (exact) mass is 483 g/mol. The van der Waals surface area contributed by atoms with E-state index in [0.29, 0.717) is 27.8 Å². The average molecular weight is 484 g/mol. The highest BCUT2D eigenvalue weighted by molar-refractivity contribution is 6.02. The third kappa shape index (κ3) is 6.01. The van der Waals surface area contributed by atoms with Gasteiger partial charge in [-0.05, 0) is 60.2 Å². The van der Waals surface area contributed by atoms with Gasteiger partial charge in [-0.25, -0.2) is 9.59 Å². The molecule has 3 aromatic carbocycles. The van der Waals surface area contributed by atoms with Crippen molar-refractivity contribution in [3.05, 3.63) is 83.4 Å². The summed E-state index contributed by atoms with van der Waals surface area (Å²) >= 11 is 0. The van der Waals surface area contributed by atoms with Gasteiger partial charge in [0.05, 0.1) is 17.2 Å². The van der Waals surface area contributed by atoms with Gasteiger partial charge in [0.1, 0.15) is 6.04 Å². The number of ether oxygens (including phenoxy) is 1. The number of esters is 1. The molecule has 1 atom stereocenters. The fraction of sp³-hybridized carbons (Fsp3) is 0.192. The van der Waals surface area contributed by atoms with Crippen molar-refractivity contribution in [2.75, 3.05) is 0 Å². The molecule has 178 valence electrons. The Balaban J connectivity index is 0.00000408. The molecule has 0 aliphatic rings. The van der Waals surface area contributed by atoms with Gasteiger partial charge in [-0.2, -0.15) is 0 Å². The van der Waals surface area contributed by atoms with Crippen molar-refractivity contribution >= 4 is 30.3 Å². The molecule has 0 spiro atoms. The van der Waals surface area contributed by atoms with Crippen molar-refractivity contribution < 1.29 is 29.3 Å². The van der Waals surface area contributed by atoms with E-state index < -0.39 is 23.9 Å². The van der Waals surface area contributed by atoms with E-state index in [9.17, 15) is 24.6 Å². The molecule has 0 aliphatic heterocycles. The number of nitrogens with two attached hydrogens (primary N) is 1. The summed E-state index contributed by atoms with van der Waals surface area (Å²) < 4.78 is 5.18. The molecule has 3 rings (SSSR count). The number of aromatic carboxylic acids is 2. The molecule has 0 saturated heterocycles. The molecular weight excluding hydrogens is 458 g/mol. The molecule has 0 amide bonds. The fourth-order valence-corrected chi connectivity index (χ4v) is 3.64. The first-order valence-corrected chi connectivity index (χ1v) is 10.4. The second-order valence-corrected chi connectivity index (χ2v) is 7.88. The van der Waals surface area contributed by atoms with E-state index in [0.717, 1.165) is 0 Å². The number of carboxylic acid groups (broad SMARTS) is 2. The minimum absolute atomic E-state index is 0. The lowest BCUT2D eigenvalue weighted by atomic mass is 9.87. The van der Waals surface area contributed by atoms with E-state index in [1.54, 1.807) is 68.4 Å². The summed E-state index contributed by atoms with van der Waals surface area (Å²) in [5, 5.41) is 19.4. The Morgan fingerprint density at radius 2 is 1.29 bits per heavy atom. The first kappa shape index (κ1) is 26.6. The summed E-state index contributed by atoms with van der Waals surface area (Å²) in [6, 6.07) is 17.4. The number of carbonyl (C=O) groups is 3. The van der Waals surface area contributed by atoms with Crippen molar-refractivity contribution in [2.24, 2.45) is 5.73 Å². The Kier molecular flexibility index (Phi) is 8.95. The molecule has 34 heavy (non-hydrogen) atoms. The number of hydrogen-bond acceptors (Lipinski definition) is 5. The van der Waals surface area contributed by atoms with Crippen LogP contribution in [0.3, 0.4) is 0 Å². The van der Waals surface area contributed by atoms with Crippen LogP contribution in [0.2, 0.25) is 0 Å². The lowest BCUT2D eigenvalue weighted by Crippen LogP contribution is -2.35. The van der Waals surface area contributed by atoms with Crippen LogP contribution in [-0.4, -0.2) is 40.3 Å². The second-order valence-electron chi connectivity index (χ2n) is 7.88. The normalized spacial score (nSPS) is 11.4. The van der Waals surface area contributed by atoms with E-state index in [4.69, 9.17) is 10.5 Å². The van der Waals surface area contributed by atoms with Gasteiger partial charge < -0.3 is 20.7 Å². The predicted molar refractivity (Wildman–Crippen MR) is 131 cm³/mol. The SMILES string of the molecule is CC(C)OC(=O)[C@@H](N)Cc1ccc(-c2ccccc2C(=O)O)c(-c2ccccc2C(=O)O)c1.Cl. The van der Waals surface area contributed by atoms with Crippen LogP contribution in [0.5, 0.6) is 0 Å². The zero-order valence-electron chi connectivity index (χ0n) is 18.7. The standard InChI is InChI=1S/C26H25NO6.ClH/c1-15(2)33-26(32)23(27)14-16-11-12-19(17-7-3-5-9-20(17)24(28)29)22(13-16)18-8-4-6-10-21(18)25(30)31;/h3-13,15,23H,14,27H2,1-2H3,(H,28,29)(H,30,31);1H/t23-;/m0./s1. The van der Waals surface area contributed by atoms with Crippen LogP contribution in [0.15, 0.2) is 66.7 Å². The lowest BCUT2D eigenvalue weighted by Gasteiger charge is -2.18. The molecule has 0 aliphatic carbocycles. The molecule has 7 nitrogen and oxygen atoms in total. The summed E-state index contributed by atoms with van der Waals surface area (Å²) in [5.74, 6) is -2.73. The predicted octanol–water partition coefficient (Wildman–Crippen LogP) is 4.66. The number of carboxylic acids is 2. The number of hydrogen-bond donors (Lipinski definition) is 3. The van der Waals surface area contributed by atoms with Gasteiger partial charge in [-0.1, -0.05) is 54.6 Å². The van der Waals surface area contributed by atoms with Gasteiger partial charge in [-0.15, -0.1) is 12.4 Å². The van der Waals surface area contributed by atoms with Crippen molar-refractivity contribution in [3.8, 4) is 22.3 Å². The van der Waals surface area contributed by atoms with Gasteiger partial charge in [0, 0.05) is 0 Å². The Bertz CT molecular complexity index is 1210. The minimum atomic E-state index is -1.11. The number of carbonyl (C=O) groups excluding carboxylic acids is 1. The highest BCUT2D eigenvalue weighted by Gasteiger charge is 2.21. The Morgan fingerprint density at radius 1 is 0.794 bits per heavy atom. The van der Waals surface area contributed by atoms with Crippen molar-refractivity contribution in [1.82, 2.24) is 0 Å². The summed E-state index contributed by atoms with van der Waals surface area (Å²) in [4.78, 5) is 35.9. The summed E-state index contributed by atoms with van der Waals surface area (Å²) in [5.41, 5.74) is 8.87. The number of rotatable bonds is 8. The minimum Gasteiger partial charge on any atom is -0.478 e. The number of halogens is 1. The maximum absolute atomic E-state index is 12.2. The molecule has 8 heteroatoms.